The molecule has 0 radical (unpaired) electrons. The van der Waals surface area contributed by atoms with E-state index in [-0.39, 0.29) is 11.3 Å². The number of benzene rings is 2. The lowest BCUT2D eigenvalue weighted by molar-refractivity contribution is -0.115. The minimum atomic E-state index is 0.0180. The maximum absolute atomic E-state index is 12.2. The van der Waals surface area contributed by atoms with E-state index >= 15 is 0 Å². The summed E-state index contributed by atoms with van der Waals surface area (Å²) < 4.78 is 0. The van der Waals surface area contributed by atoms with Gasteiger partial charge in [-0.3, -0.25) is 4.79 Å². The Hall–Kier alpha value is -2.49. The third-order valence-corrected chi connectivity index (χ3v) is 4.71. The zero-order valence-electron chi connectivity index (χ0n) is 17.3. The first-order chi connectivity index (χ1) is 12.8. The van der Waals surface area contributed by atoms with Crippen molar-refractivity contribution in [3.63, 3.8) is 0 Å². The van der Waals surface area contributed by atoms with Crippen molar-refractivity contribution in [1.82, 2.24) is 0 Å². The van der Waals surface area contributed by atoms with Gasteiger partial charge in [-0.15, -0.1) is 0 Å². The van der Waals surface area contributed by atoms with E-state index in [0.29, 0.717) is 13.0 Å². The van der Waals surface area contributed by atoms with E-state index in [1.165, 1.54) is 11.3 Å². The van der Waals surface area contributed by atoms with E-state index < -0.39 is 0 Å². The fourth-order valence-corrected chi connectivity index (χ4v) is 2.98. The topological polar surface area (TPSA) is 44.4 Å². The number of hydrogen-bond donors (Lipinski definition) is 2. The van der Waals surface area contributed by atoms with Crippen LogP contribution >= 0.6 is 0 Å². The van der Waals surface area contributed by atoms with Crippen molar-refractivity contribution >= 4 is 23.0 Å². The van der Waals surface area contributed by atoms with Crippen molar-refractivity contribution in [1.29, 1.82) is 0 Å². The van der Waals surface area contributed by atoms with Crippen LogP contribution in [0.2, 0.25) is 0 Å². The molecule has 0 atom stereocenters. The Bertz CT molecular complexity index is 711. The van der Waals surface area contributed by atoms with Crippen LogP contribution in [0.25, 0.3) is 0 Å². The fourth-order valence-electron chi connectivity index (χ4n) is 2.98. The average molecular weight is 368 g/mol. The maximum atomic E-state index is 12.2. The van der Waals surface area contributed by atoms with Crippen molar-refractivity contribution < 1.29 is 4.79 Å². The third kappa shape index (κ3) is 6.31. The second-order valence-corrected chi connectivity index (χ2v) is 7.77. The molecule has 2 rings (SSSR count). The SMILES string of the molecule is CCN(CC)c1ccc(NC(=O)CCNc2ccc(C(C)(C)C)cc2)cc1. The Morgan fingerprint density at radius 2 is 1.44 bits per heavy atom. The van der Waals surface area contributed by atoms with Crippen LogP contribution in [0.3, 0.4) is 0 Å². The Balaban J connectivity index is 1.79. The molecule has 146 valence electrons. The summed E-state index contributed by atoms with van der Waals surface area (Å²) in [5, 5.41) is 6.27. The van der Waals surface area contributed by atoms with Crippen LogP contribution in [0.4, 0.5) is 17.1 Å². The Kier molecular flexibility index (Phi) is 7.28. The highest BCUT2D eigenvalue weighted by atomic mass is 16.1. The molecule has 1 amide bonds. The average Bonchev–Trinajstić information content (AvgIpc) is 2.64. The number of rotatable bonds is 8. The second-order valence-electron chi connectivity index (χ2n) is 7.77. The molecule has 2 N–H and O–H groups in total. The molecule has 0 heterocycles. The number of hydrogen-bond acceptors (Lipinski definition) is 3. The van der Waals surface area contributed by atoms with Crippen molar-refractivity contribution in [2.75, 3.05) is 35.2 Å². The van der Waals surface area contributed by atoms with E-state index in [9.17, 15) is 4.79 Å². The molecule has 0 aliphatic carbocycles. The van der Waals surface area contributed by atoms with Crippen LogP contribution < -0.4 is 15.5 Å². The lowest BCUT2D eigenvalue weighted by atomic mass is 9.87. The summed E-state index contributed by atoms with van der Waals surface area (Å²) in [5.41, 5.74) is 4.52. The molecule has 0 aromatic heterocycles. The van der Waals surface area contributed by atoms with Gasteiger partial charge < -0.3 is 15.5 Å². The first-order valence-corrected chi connectivity index (χ1v) is 9.82. The van der Waals surface area contributed by atoms with Crippen molar-refractivity contribution in [3.8, 4) is 0 Å². The highest BCUT2D eigenvalue weighted by molar-refractivity contribution is 5.91. The van der Waals surface area contributed by atoms with Crippen LogP contribution in [0.1, 0.15) is 46.6 Å². The third-order valence-electron chi connectivity index (χ3n) is 4.71. The van der Waals surface area contributed by atoms with Gasteiger partial charge in [-0.25, -0.2) is 0 Å². The lowest BCUT2D eigenvalue weighted by Crippen LogP contribution is -2.21. The molecule has 0 unspecified atom stereocenters. The largest absolute Gasteiger partial charge is 0.385 e. The molecule has 27 heavy (non-hydrogen) atoms. The molecule has 4 nitrogen and oxygen atoms in total. The van der Waals surface area contributed by atoms with Gasteiger partial charge >= 0.3 is 0 Å². The van der Waals surface area contributed by atoms with Gasteiger partial charge in [0.25, 0.3) is 0 Å². The quantitative estimate of drug-likeness (QED) is 0.668. The molecule has 0 aliphatic heterocycles. The lowest BCUT2D eigenvalue weighted by Gasteiger charge is -2.21. The monoisotopic (exact) mass is 367 g/mol. The maximum Gasteiger partial charge on any atom is 0.226 e. The summed E-state index contributed by atoms with van der Waals surface area (Å²) in [6.45, 7) is 13.5. The molecule has 0 aliphatic rings. The van der Waals surface area contributed by atoms with Gasteiger partial charge in [0.15, 0.2) is 0 Å². The number of nitrogens with one attached hydrogen (secondary N) is 2. The zero-order valence-corrected chi connectivity index (χ0v) is 17.3. The fraction of sp³-hybridized carbons (Fsp3) is 0.435. The van der Waals surface area contributed by atoms with Gasteiger partial charge in [0, 0.05) is 43.1 Å². The Morgan fingerprint density at radius 3 is 1.96 bits per heavy atom. The summed E-state index contributed by atoms with van der Waals surface area (Å²) in [6.07, 6.45) is 0.429. The number of anilines is 3. The van der Waals surface area contributed by atoms with Gasteiger partial charge in [0.1, 0.15) is 0 Å². The molecule has 4 heteroatoms. The normalized spacial score (nSPS) is 11.1. The minimum absolute atomic E-state index is 0.0180. The second kappa shape index (κ2) is 9.45. The first kappa shape index (κ1) is 20.8. The molecule has 0 saturated carbocycles. The number of carbonyl (C=O) groups is 1. The van der Waals surface area contributed by atoms with Crippen LogP contribution in [0, 0.1) is 0 Å². The van der Waals surface area contributed by atoms with Crippen LogP contribution in [0.5, 0.6) is 0 Å². The molecule has 0 saturated heterocycles. The van der Waals surface area contributed by atoms with Gasteiger partial charge in [0.05, 0.1) is 0 Å². The summed E-state index contributed by atoms with van der Waals surface area (Å²) in [5.74, 6) is 0.0180. The van der Waals surface area contributed by atoms with Crippen molar-refractivity contribution in [3.05, 3.63) is 54.1 Å². The first-order valence-electron chi connectivity index (χ1n) is 9.82. The highest BCUT2D eigenvalue weighted by Crippen LogP contribution is 2.23. The van der Waals surface area contributed by atoms with Gasteiger partial charge in [0.2, 0.25) is 5.91 Å². The standard InChI is InChI=1S/C23H33N3O/c1-6-26(7-2)21-14-12-20(13-15-21)25-22(27)16-17-24-19-10-8-18(9-11-19)23(3,4)5/h8-15,24H,6-7,16-17H2,1-5H3,(H,25,27). The van der Waals surface area contributed by atoms with Gasteiger partial charge in [-0.05, 0) is 61.2 Å². The van der Waals surface area contributed by atoms with Crippen LogP contribution in [-0.4, -0.2) is 25.5 Å². The summed E-state index contributed by atoms with van der Waals surface area (Å²) in [7, 11) is 0. The van der Waals surface area contributed by atoms with Crippen LogP contribution in [0.15, 0.2) is 48.5 Å². The summed E-state index contributed by atoms with van der Waals surface area (Å²) in [6, 6.07) is 16.5. The van der Waals surface area contributed by atoms with Gasteiger partial charge in [-0.2, -0.15) is 0 Å². The summed E-state index contributed by atoms with van der Waals surface area (Å²) >= 11 is 0. The number of carbonyl (C=O) groups excluding carboxylic acids is 1. The van der Waals surface area contributed by atoms with Gasteiger partial charge in [-0.1, -0.05) is 32.9 Å². The Morgan fingerprint density at radius 1 is 0.889 bits per heavy atom. The smallest absolute Gasteiger partial charge is 0.226 e. The predicted molar refractivity (Wildman–Crippen MR) is 117 cm³/mol. The molecule has 0 spiro atoms. The molecular weight excluding hydrogens is 334 g/mol. The zero-order chi connectivity index (χ0) is 19.9. The van der Waals surface area contributed by atoms with E-state index in [1.54, 1.807) is 0 Å². The Labute approximate surface area is 164 Å². The predicted octanol–water partition coefficient (Wildman–Crippen LogP) is 5.27. The minimum Gasteiger partial charge on any atom is -0.385 e. The number of amides is 1. The van der Waals surface area contributed by atoms with Crippen molar-refractivity contribution in [2.24, 2.45) is 0 Å². The molecular formula is C23H33N3O. The van der Waals surface area contributed by atoms with Crippen LogP contribution in [-0.2, 0) is 10.2 Å². The molecule has 2 aromatic carbocycles. The van der Waals surface area contributed by atoms with E-state index in [2.05, 4.69) is 86.6 Å². The highest BCUT2D eigenvalue weighted by Gasteiger charge is 2.12. The van der Waals surface area contributed by atoms with Crippen molar-refractivity contribution in [2.45, 2.75) is 46.5 Å². The molecule has 0 bridgehead atoms. The van der Waals surface area contributed by atoms with E-state index in [4.69, 9.17) is 0 Å². The number of nitrogens with zero attached hydrogens (tertiary/aromatic N) is 1. The molecule has 0 fully saturated rings. The molecule has 2 aromatic rings. The van der Waals surface area contributed by atoms with E-state index in [0.717, 1.165) is 24.5 Å². The van der Waals surface area contributed by atoms with E-state index in [1.807, 2.05) is 12.1 Å². The summed E-state index contributed by atoms with van der Waals surface area (Å²) in [4.78, 5) is 14.4.